The van der Waals surface area contributed by atoms with Crippen molar-refractivity contribution < 1.29 is 14.3 Å². The van der Waals surface area contributed by atoms with Gasteiger partial charge < -0.3 is 5.11 Å². The Bertz CT molecular complexity index is 348. The number of carboxylic acid groups (broad SMARTS) is 1. The molecule has 0 spiro atoms. The topological polar surface area (TPSA) is 50.2 Å². The third-order valence-electron chi connectivity index (χ3n) is 1.14. The monoisotopic (exact) mass is 289 g/mol. The first kappa shape index (κ1) is 12.6. The predicted molar refractivity (Wildman–Crippen MR) is 51.1 cm³/mol. The molecule has 1 aromatic rings. The summed E-state index contributed by atoms with van der Waals surface area (Å²) >= 11 is 8.26. The average Bonchev–Trinajstić information content (AvgIpc) is 1.97. The molecule has 3 nitrogen and oxygen atoms in total. The van der Waals surface area contributed by atoms with E-state index in [9.17, 15) is 9.18 Å². The Balaban J connectivity index is 0.00000144. The number of pyridine rings is 1. The van der Waals surface area contributed by atoms with Crippen molar-refractivity contribution in [2.45, 2.75) is 0 Å². The molecule has 13 heavy (non-hydrogen) atoms. The molecular weight excluding hydrogens is 288 g/mol. The molecule has 1 aromatic heterocycles. The molecule has 0 saturated heterocycles. The van der Waals surface area contributed by atoms with Gasteiger partial charge in [0.2, 0.25) is 0 Å². The normalized spacial score (nSPS) is 9.15. The number of carbonyl (C=O) groups is 1. The van der Waals surface area contributed by atoms with E-state index in [0.29, 0.717) is 0 Å². The smallest absolute Gasteiger partial charge is 0.340 e. The fourth-order valence-electron chi connectivity index (χ4n) is 0.639. The molecule has 0 radical (unpaired) electrons. The third-order valence-corrected chi connectivity index (χ3v) is 2.43. The summed E-state index contributed by atoms with van der Waals surface area (Å²) in [6.07, 6.45) is 0.760. The average molecular weight is 291 g/mol. The molecule has 0 aliphatic heterocycles. The van der Waals surface area contributed by atoms with Crippen LogP contribution in [0.5, 0.6) is 0 Å². The van der Waals surface area contributed by atoms with E-state index in [-0.39, 0.29) is 22.0 Å². The van der Waals surface area contributed by atoms with E-state index in [4.69, 9.17) is 16.7 Å². The molecule has 0 bridgehead atoms. The van der Waals surface area contributed by atoms with Crippen molar-refractivity contribution in [3.8, 4) is 0 Å². The fourth-order valence-corrected chi connectivity index (χ4v) is 1.24. The van der Waals surface area contributed by atoms with E-state index < -0.39 is 17.3 Å². The molecule has 0 aliphatic carbocycles. The summed E-state index contributed by atoms with van der Waals surface area (Å²) < 4.78 is 12.7. The van der Waals surface area contributed by atoms with Crippen molar-refractivity contribution in [2.24, 2.45) is 0 Å². The number of hydrogen-bond donors (Lipinski definition) is 1. The fraction of sp³-hybridized carbons (Fsp3) is 0. The summed E-state index contributed by atoms with van der Waals surface area (Å²) in [6, 6.07) is 0. The van der Waals surface area contributed by atoms with Gasteiger partial charge in [0, 0.05) is 0 Å². The second-order valence-corrected chi connectivity index (χ2v) is 3.04. The minimum atomic E-state index is -1.39. The lowest BCUT2D eigenvalue weighted by atomic mass is 10.2. The molecule has 0 saturated carbocycles. The van der Waals surface area contributed by atoms with E-state index in [1.54, 1.807) is 0 Å². The van der Waals surface area contributed by atoms with Gasteiger partial charge in [-0.2, -0.15) is 0 Å². The summed E-state index contributed by atoms with van der Waals surface area (Å²) in [6.45, 7) is 0. The summed E-state index contributed by atoms with van der Waals surface area (Å²) in [5, 5.41) is 8.44. The molecule has 0 unspecified atom stereocenters. The second kappa shape index (κ2) is 4.74. The van der Waals surface area contributed by atoms with Crippen molar-refractivity contribution in [3.05, 3.63) is 27.2 Å². The van der Waals surface area contributed by atoms with Crippen LogP contribution in [0.15, 0.2) is 10.7 Å². The molecule has 0 amide bonds. The first-order valence-corrected chi connectivity index (χ1v) is 3.94. The van der Waals surface area contributed by atoms with Crippen molar-refractivity contribution in [1.29, 1.82) is 0 Å². The SMILES string of the molecule is Cl.O=C(O)c1c(F)cnc(Cl)c1Br. The van der Waals surface area contributed by atoms with Gasteiger partial charge in [0.05, 0.1) is 10.7 Å². The van der Waals surface area contributed by atoms with Crippen LogP contribution in [0.3, 0.4) is 0 Å². The van der Waals surface area contributed by atoms with Gasteiger partial charge in [-0.15, -0.1) is 12.4 Å². The number of aromatic carboxylic acids is 1. The number of aromatic nitrogens is 1. The Morgan fingerprint density at radius 3 is 2.62 bits per heavy atom. The molecule has 0 atom stereocenters. The maximum absolute atomic E-state index is 12.7. The number of hydrogen-bond acceptors (Lipinski definition) is 2. The zero-order valence-electron chi connectivity index (χ0n) is 5.92. The van der Waals surface area contributed by atoms with Crippen LogP contribution < -0.4 is 0 Å². The van der Waals surface area contributed by atoms with Crippen molar-refractivity contribution in [1.82, 2.24) is 4.98 Å². The van der Waals surface area contributed by atoms with E-state index in [1.165, 1.54) is 0 Å². The van der Waals surface area contributed by atoms with Gasteiger partial charge in [-0.3, -0.25) is 0 Å². The maximum Gasteiger partial charge on any atom is 0.340 e. The molecular formula is C6H3BrCl2FNO2. The lowest BCUT2D eigenvalue weighted by molar-refractivity contribution is 0.0690. The molecule has 0 fully saturated rings. The highest BCUT2D eigenvalue weighted by Gasteiger charge is 2.17. The summed E-state index contributed by atoms with van der Waals surface area (Å²) in [7, 11) is 0. The van der Waals surface area contributed by atoms with Crippen LogP contribution in [0.25, 0.3) is 0 Å². The predicted octanol–water partition coefficient (Wildman–Crippen LogP) is 2.76. The van der Waals surface area contributed by atoms with Gasteiger partial charge in [-0.05, 0) is 15.9 Å². The van der Waals surface area contributed by atoms with Gasteiger partial charge in [0.25, 0.3) is 0 Å². The Labute approximate surface area is 92.5 Å². The maximum atomic E-state index is 12.7. The lowest BCUT2D eigenvalue weighted by Crippen LogP contribution is -2.03. The highest BCUT2D eigenvalue weighted by Crippen LogP contribution is 2.25. The Morgan fingerprint density at radius 1 is 1.69 bits per heavy atom. The summed E-state index contributed by atoms with van der Waals surface area (Å²) in [5.41, 5.74) is -0.505. The van der Waals surface area contributed by atoms with Crippen LogP contribution in [0, 0.1) is 5.82 Å². The third kappa shape index (κ3) is 2.52. The first-order valence-electron chi connectivity index (χ1n) is 2.77. The largest absolute Gasteiger partial charge is 0.478 e. The van der Waals surface area contributed by atoms with Crippen LogP contribution in [0.1, 0.15) is 10.4 Å². The second-order valence-electron chi connectivity index (χ2n) is 1.89. The van der Waals surface area contributed by atoms with Crippen molar-refractivity contribution in [2.75, 3.05) is 0 Å². The van der Waals surface area contributed by atoms with Crippen LogP contribution >= 0.6 is 39.9 Å². The van der Waals surface area contributed by atoms with Gasteiger partial charge in [0.15, 0.2) is 5.82 Å². The van der Waals surface area contributed by atoms with E-state index in [2.05, 4.69) is 20.9 Å². The Kier molecular flexibility index (Phi) is 4.60. The number of nitrogens with zero attached hydrogens (tertiary/aromatic N) is 1. The number of halogens is 4. The van der Waals surface area contributed by atoms with Crippen LogP contribution in [0.2, 0.25) is 5.15 Å². The molecule has 0 aromatic carbocycles. The Hall–Kier alpha value is -0.390. The van der Waals surface area contributed by atoms with E-state index in [1.807, 2.05) is 0 Å². The van der Waals surface area contributed by atoms with Gasteiger partial charge >= 0.3 is 5.97 Å². The summed E-state index contributed by atoms with van der Waals surface area (Å²) in [4.78, 5) is 13.8. The zero-order chi connectivity index (χ0) is 9.30. The molecule has 7 heteroatoms. The van der Waals surface area contributed by atoms with Crippen LogP contribution in [-0.2, 0) is 0 Å². The van der Waals surface area contributed by atoms with Gasteiger partial charge in [-0.25, -0.2) is 14.2 Å². The van der Waals surface area contributed by atoms with E-state index in [0.717, 1.165) is 6.20 Å². The van der Waals surface area contributed by atoms with E-state index >= 15 is 0 Å². The Morgan fingerprint density at radius 2 is 2.23 bits per heavy atom. The zero-order valence-corrected chi connectivity index (χ0v) is 9.08. The van der Waals surface area contributed by atoms with Gasteiger partial charge in [-0.1, -0.05) is 11.6 Å². The van der Waals surface area contributed by atoms with Crippen molar-refractivity contribution in [3.63, 3.8) is 0 Å². The molecule has 0 aliphatic rings. The first-order chi connectivity index (χ1) is 5.54. The molecule has 72 valence electrons. The van der Waals surface area contributed by atoms with Crippen LogP contribution in [-0.4, -0.2) is 16.1 Å². The highest BCUT2D eigenvalue weighted by molar-refractivity contribution is 9.10. The lowest BCUT2D eigenvalue weighted by Gasteiger charge is -2.00. The minimum absolute atomic E-state index is 0. The number of carboxylic acids is 1. The number of rotatable bonds is 1. The van der Waals surface area contributed by atoms with Crippen LogP contribution in [0.4, 0.5) is 4.39 Å². The minimum Gasteiger partial charge on any atom is -0.478 e. The molecule has 1 N–H and O–H groups in total. The highest BCUT2D eigenvalue weighted by atomic mass is 79.9. The van der Waals surface area contributed by atoms with Gasteiger partial charge in [0.1, 0.15) is 10.7 Å². The molecule has 1 rings (SSSR count). The standard InChI is InChI=1S/C6H2BrClFNO2.ClH/c7-4-3(6(11)12)2(9)1-10-5(4)8;/h1H,(H,11,12);1H. The quantitative estimate of drug-likeness (QED) is 0.809. The molecule has 1 heterocycles. The summed E-state index contributed by atoms with van der Waals surface area (Å²) in [5.74, 6) is -2.30. The van der Waals surface area contributed by atoms with Crippen molar-refractivity contribution >= 4 is 45.9 Å².